The van der Waals surface area contributed by atoms with Crippen molar-refractivity contribution in [2.45, 2.75) is 32.3 Å². The molecule has 3 rings (SSSR count). The number of benzene rings is 1. The van der Waals surface area contributed by atoms with E-state index in [0.717, 1.165) is 38.9 Å². The van der Waals surface area contributed by atoms with Gasteiger partial charge in [0.2, 0.25) is 5.88 Å². The number of aromatic nitrogens is 1. The molecule has 2 aromatic rings. The Labute approximate surface area is 161 Å². The average Bonchev–Trinajstić information content (AvgIpc) is 2.63. The third-order valence-electron chi connectivity index (χ3n) is 4.56. The number of nitrogens with one attached hydrogen (secondary N) is 1. The number of hydrogen-bond donors (Lipinski definition) is 1. The van der Waals surface area contributed by atoms with Crippen LogP contribution in [-0.2, 0) is 0 Å². The van der Waals surface area contributed by atoms with Gasteiger partial charge in [-0.15, -0.1) is 0 Å². The van der Waals surface area contributed by atoms with Gasteiger partial charge in [0, 0.05) is 31.3 Å². The van der Waals surface area contributed by atoms with Crippen LogP contribution in [-0.4, -0.2) is 41.5 Å². The van der Waals surface area contributed by atoms with Crippen LogP contribution in [0.5, 0.6) is 5.88 Å². The van der Waals surface area contributed by atoms with Crippen LogP contribution in [0.1, 0.15) is 36.5 Å². The van der Waals surface area contributed by atoms with Crippen LogP contribution >= 0.6 is 0 Å². The van der Waals surface area contributed by atoms with Crippen LogP contribution in [0.2, 0.25) is 0 Å². The van der Waals surface area contributed by atoms with Crippen LogP contribution in [0.4, 0.5) is 19.0 Å². The van der Waals surface area contributed by atoms with E-state index >= 15 is 0 Å². The first-order valence-electron chi connectivity index (χ1n) is 9.28. The van der Waals surface area contributed by atoms with Crippen molar-refractivity contribution in [3.05, 3.63) is 53.3 Å². The fourth-order valence-corrected chi connectivity index (χ4v) is 3.23. The number of ether oxygens (including phenoxy) is 1. The minimum absolute atomic E-state index is 0.0264. The summed E-state index contributed by atoms with van der Waals surface area (Å²) in [7, 11) is 0. The van der Waals surface area contributed by atoms with E-state index in [0.29, 0.717) is 18.0 Å². The minimum Gasteiger partial charge on any atom is -0.474 e. The average molecular weight is 393 g/mol. The second kappa shape index (κ2) is 9.05. The lowest BCUT2D eigenvalue weighted by Gasteiger charge is -2.31. The first kappa shape index (κ1) is 20.1. The molecule has 1 aliphatic rings. The van der Waals surface area contributed by atoms with Gasteiger partial charge in [-0.2, -0.15) is 4.98 Å². The molecule has 0 bridgehead atoms. The van der Waals surface area contributed by atoms with Crippen LogP contribution in [0.15, 0.2) is 30.3 Å². The number of piperidine rings is 1. The summed E-state index contributed by atoms with van der Waals surface area (Å²) in [5, 5.41) is 2.32. The van der Waals surface area contributed by atoms with E-state index in [2.05, 4.69) is 22.1 Å². The molecule has 28 heavy (non-hydrogen) atoms. The Morgan fingerprint density at radius 2 is 1.89 bits per heavy atom. The first-order valence-corrected chi connectivity index (χ1v) is 9.28. The Bertz CT molecular complexity index is 816. The molecule has 150 valence electrons. The van der Waals surface area contributed by atoms with Gasteiger partial charge in [-0.3, -0.25) is 4.79 Å². The summed E-state index contributed by atoms with van der Waals surface area (Å²) in [6, 6.07) is 5.67. The van der Waals surface area contributed by atoms with Gasteiger partial charge in [0.1, 0.15) is 34.9 Å². The molecule has 8 heteroatoms. The highest BCUT2D eigenvalue weighted by Crippen LogP contribution is 2.20. The maximum atomic E-state index is 13.7. The van der Waals surface area contributed by atoms with E-state index in [-0.39, 0.29) is 11.9 Å². The molecule has 1 aromatic carbocycles. The fraction of sp³-hybridized carbons (Fsp3) is 0.400. The molecule has 0 saturated carbocycles. The quantitative estimate of drug-likeness (QED) is 0.806. The molecule has 1 N–H and O–H groups in total. The number of amides is 1. The van der Waals surface area contributed by atoms with Crippen molar-refractivity contribution in [1.29, 1.82) is 0 Å². The lowest BCUT2D eigenvalue weighted by molar-refractivity contribution is 0.0970. The van der Waals surface area contributed by atoms with Gasteiger partial charge in [0.05, 0.1) is 0 Å². The number of pyridine rings is 1. The summed E-state index contributed by atoms with van der Waals surface area (Å²) >= 11 is 0. The van der Waals surface area contributed by atoms with Gasteiger partial charge in [-0.25, -0.2) is 13.2 Å². The van der Waals surface area contributed by atoms with Crippen molar-refractivity contribution in [1.82, 2.24) is 9.88 Å². The Kier molecular flexibility index (Phi) is 6.51. The maximum Gasteiger partial charge on any atom is 0.262 e. The van der Waals surface area contributed by atoms with Gasteiger partial charge in [0.25, 0.3) is 5.91 Å². The molecule has 0 atom stereocenters. The predicted octanol–water partition coefficient (Wildman–Crippen LogP) is 4.00. The van der Waals surface area contributed by atoms with Crippen LogP contribution in [0.3, 0.4) is 0 Å². The van der Waals surface area contributed by atoms with Gasteiger partial charge in [-0.1, -0.05) is 13.0 Å². The van der Waals surface area contributed by atoms with Gasteiger partial charge in [0.15, 0.2) is 0 Å². The highest BCUT2D eigenvalue weighted by Gasteiger charge is 2.22. The molecule has 1 aliphatic heterocycles. The lowest BCUT2D eigenvalue weighted by atomic mass is 10.1. The molecule has 1 aromatic heterocycles. The van der Waals surface area contributed by atoms with Crippen LogP contribution in [0, 0.1) is 17.5 Å². The summed E-state index contributed by atoms with van der Waals surface area (Å²) in [4.78, 5) is 18.7. The van der Waals surface area contributed by atoms with Crippen molar-refractivity contribution >= 4 is 11.7 Å². The van der Waals surface area contributed by atoms with Crippen molar-refractivity contribution < 1.29 is 22.7 Å². The van der Waals surface area contributed by atoms with Crippen molar-refractivity contribution in [2.75, 3.05) is 25.0 Å². The Morgan fingerprint density at radius 1 is 1.21 bits per heavy atom. The van der Waals surface area contributed by atoms with Crippen LogP contribution in [0.25, 0.3) is 0 Å². The Hall–Kier alpha value is -2.61. The van der Waals surface area contributed by atoms with Gasteiger partial charge in [-0.05, 0) is 31.9 Å². The molecule has 5 nitrogen and oxygen atoms in total. The van der Waals surface area contributed by atoms with E-state index in [9.17, 15) is 18.0 Å². The Morgan fingerprint density at radius 3 is 2.54 bits per heavy atom. The molecule has 1 amide bonds. The summed E-state index contributed by atoms with van der Waals surface area (Å²) in [6.45, 7) is 5.13. The zero-order chi connectivity index (χ0) is 20.1. The number of carbonyl (C=O) groups is 1. The van der Waals surface area contributed by atoms with E-state index < -0.39 is 28.9 Å². The molecular weight excluding hydrogens is 371 g/mol. The van der Waals surface area contributed by atoms with Crippen molar-refractivity contribution in [2.24, 2.45) is 0 Å². The van der Waals surface area contributed by atoms with E-state index in [4.69, 9.17) is 4.74 Å². The normalized spacial score (nSPS) is 15.4. The number of likely N-dealkylation sites (tertiary alicyclic amines) is 1. The van der Waals surface area contributed by atoms with Crippen molar-refractivity contribution in [3.63, 3.8) is 0 Å². The topological polar surface area (TPSA) is 54.5 Å². The van der Waals surface area contributed by atoms with Gasteiger partial charge >= 0.3 is 0 Å². The third kappa shape index (κ3) is 5.01. The summed E-state index contributed by atoms with van der Waals surface area (Å²) in [6.07, 6.45) is 2.90. The summed E-state index contributed by atoms with van der Waals surface area (Å²) in [5.41, 5.74) is -0.863. The minimum atomic E-state index is -1.28. The number of anilines is 1. The SMILES string of the molecule is CCCN1CCC(Oc2cccc(NC(=O)c3c(F)cc(F)cc3F)n2)CC1. The van der Waals surface area contributed by atoms with E-state index in [1.165, 1.54) is 6.07 Å². The second-order valence-corrected chi connectivity index (χ2v) is 6.72. The highest BCUT2D eigenvalue weighted by molar-refractivity contribution is 6.04. The van der Waals surface area contributed by atoms with E-state index in [1.54, 1.807) is 12.1 Å². The molecule has 1 fully saturated rings. The summed E-state index contributed by atoms with van der Waals surface area (Å²) in [5.74, 6) is -4.28. The standard InChI is InChI=1S/C20H22F3N3O2/c1-2-8-26-9-6-14(7-10-26)28-18-5-3-4-17(24-18)25-20(27)19-15(22)11-13(21)12-16(19)23/h3-5,11-12,14H,2,6-10H2,1H3,(H,24,25,27). The predicted molar refractivity (Wildman–Crippen MR) is 98.9 cm³/mol. The zero-order valence-electron chi connectivity index (χ0n) is 15.6. The Balaban J connectivity index is 1.63. The van der Waals surface area contributed by atoms with Gasteiger partial charge < -0.3 is 15.0 Å². The monoisotopic (exact) mass is 393 g/mol. The van der Waals surface area contributed by atoms with Crippen LogP contribution < -0.4 is 10.1 Å². The highest BCUT2D eigenvalue weighted by atomic mass is 19.1. The lowest BCUT2D eigenvalue weighted by Crippen LogP contribution is -2.38. The number of carbonyl (C=O) groups excluding carboxylic acids is 1. The zero-order valence-corrected chi connectivity index (χ0v) is 15.6. The number of nitrogens with zero attached hydrogens (tertiary/aromatic N) is 2. The fourth-order valence-electron chi connectivity index (χ4n) is 3.23. The van der Waals surface area contributed by atoms with Crippen molar-refractivity contribution in [3.8, 4) is 5.88 Å². The molecular formula is C20H22F3N3O2. The molecule has 0 spiro atoms. The molecule has 1 saturated heterocycles. The molecule has 0 unspecified atom stereocenters. The number of halogens is 3. The summed E-state index contributed by atoms with van der Waals surface area (Å²) < 4.78 is 46.4. The molecule has 0 radical (unpaired) electrons. The first-order chi connectivity index (χ1) is 13.5. The second-order valence-electron chi connectivity index (χ2n) is 6.72. The molecule has 0 aliphatic carbocycles. The molecule has 2 heterocycles. The number of hydrogen-bond acceptors (Lipinski definition) is 4. The number of rotatable bonds is 6. The smallest absolute Gasteiger partial charge is 0.262 e. The largest absolute Gasteiger partial charge is 0.474 e. The third-order valence-corrected chi connectivity index (χ3v) is 4.56. The van der Waals surface area contributed by atoms with E-state index in [1.807, 2.05) is 0 Å². The maximum absolute atomic E-state index is 13.7.